The number of rotatable bonds is 5. The molecule has 0 atom stereocenters. The minimum absolute atomic E-state index is 0.187. The first-order valence-electron chi connectivity index (χ1n) is 6.07. The fraction of sp³-hybridized carbons (Fsp3) is 0.250. The fourth-order valence-electron chi connectivity index (χ4n) is 1.91. The standard InChI is InChI=1S/C12H11FN4O4/c1-2-3-9-11(12(18)19)14-15-16(9)7-4-5-8(13)10(6-7)17(20)21/h4-6H,2-3H2,1H3,(H,18,19). The SMILES string of the molecule is CCCc1c(C(=O)O)nnn1-c1ccc(F)c([N+](=O)[O-])c1. The Hall–Kier alpha value is -2.84. The van der Waals surface area contributed by atoms with Gasteiger partial charge in [0.1, 0.15) is 0 Å². The van der Waals surface area contributed by atoms with E-state index in [0.29, 0.717) is 18.5 Å². The van der Waals surface area contributed by atoms with Crippen molar-refractivity contribution in [3.05, 3.63) is 45.5 Å². The molecule has 110 valence electrons. The maximum atomic E-state index is 13.3. The third-order valence-electron chi connectivity index (χ3n) is 2.82. The van der Waals surface area contributed by atoms with Crippen molar-refractivity contribution in [1.29, 1.82) is 0 Å². The van der Waals surface area contributed by atoms with Crippen LogP contribution in [0.3, 0.4) is 0 Å². The predicted octanol–water partition coefficient (Wildman–Crippen LogP) is 1.97. The third kappa shape index (κ3) is 2.71. The van der Waals surface area contributed by atoms with Crippen molar-refractivity contribution in [1.82, 2.24) is 15.0 Å². The second-order valence-corrected chi connectivity index (χ2v) is 4.24. The van der Waals surface area contributed by atoms with E-state index in [9.17, 15) is 19.3 Å². The van der Waals surface area contributed by atoms with Gasteiger partial charge in [-0.25, -0.2) is 9.48 Å². The summed E-state index contributed by atoms with van der Waals surface area (Å²) in [6, 6.07) is 3.21. The molecular formula is C12H11FN4O4. The van der Waals surface area contributed by atoms with E-state index in [2.05, 4.69) is 10.3 Å². The van der Waals surface area contributed by atoms with Gasteiger partial charge in [-0.3, -0.25) is 10.1 Å². The highest BCUT2D eigenvalue weighted by Gasteiger charge is 2.21. The number of hydrogen-bond acceptors (Lipinski definition) is 5. The molecule has 0 aliphatic carbocycles. The minimum atomic E-state index is -1.23. The van der Waals surface area contributed by atoms with Gasteiger partial charge >= 0.3 is 11.7 Å². The second-order valence-electron chi connectivity index (χ2n) is 4.24. The van der Waals surface area contributed by atoms with Crippen LogP contribution in [0.5, 0.6) is 0 Å². The summed E-state index contributed by atoms with van der Waals surface area (Å²) < 4.78 is 14.5. The van der Waals surface area contributed by atoms with Gasteiger partial charge < -0.3 is 5.11 Å². The lowest BCUT2D eigenvalue weighted by atomic mass is 10.2. The lowest BCUT2D eigenvalue weighted by Gasteiger charge is -2.06. The van der Waals surface area contributed by atoms with E-state index in [-0.39, 0.29) is 11.4 Å². The van der Waals surface area contributed by atoms with Crippen molar-refractivity contribution in [2.24, 2.45) is 0 Å². The summed E-state index contributed by atoms with van der Waals surface area (Å²) in [4.78, 5) is 21.0. The van der Waals surface area contributed by atoms with E-state index in [0.717, 1.165) is 12.1 Å². The van der Waals surface area contributed by atoms with Crippen LogP contribution in [-0.4, -0.2) is 31.0 Å². The molecule has 1 aromatic carbocycles. The van der Waals surface area contributed by atoms with Crippen molar-refractivity contribution < 1.29 is 19.2 Å². The quantitative estimate of drug-likeness (QED) is 0.666. The van der Waals surface area contributed by atoms with Crippen LogP contribution in [-0.2, 0) is 6.42 Å². The molecule has 21 heavy (non-hydrogen) atoms. The monoisotopic (exact) mass is 294 g/mol. The lowest BCUT2D eigenvalue weighted by molar-refractivity contribution is -0.387. The average molecular weight is 294 g/mol. The number of hydrogen-bond donors (Lipinski definition) is 1. The Morgan fingerprint density at radius 3 is 2.81 bits per heavy atom. The molecule has 0 saturated carbocycles. The summed E-state index contributed by atoms with van der Waals surface area (Å²) in [7, 11) is 0. The van der Waals surface area contributed by atoms with Crippen LogP contribution < -0.4 is 0 Å². The molecule has 1 N–H and O–H groups in total. The molecule has 0 radical (unpaired) electrons. The van der Waals surface area contributed by atoms with E-state index in [1.54, 1.807) is 0 Å². The molecule has 0 saturated heterocycles. The minimum Gasteiger partial charge on any atom is -0.476 e. The number of carboxylic acid groups (broad SMARTS) is 1. The van der Waals surface area contributed by atoms with Crippen molar-refractivity contribution in [2.75, 3.05) is 0 Å². The van der Waals surface area contributed by atoms with Gasteiger partial charge in [-0.15, -0.1) is 5.10 Å². The Labute approximate surface area is 118 Å². The van der Waals surface area contributed by atoms with Gasteiger partial charge in [0.15, 0.2) is 5.69 Å². The molecule has 9 heteroatoms. The molecule has 0 bridgehead atoms. The van der Waals surface area contributed by atoms with Crippen LogP contribution in [0.25, 0.3) is 5.69 Å². The first kappa shape index (κ1) is 14.6. The summed E-state index contributed by atoms with van der Waals surface area (Å²) in [5.41, 5.74) is -0.427. The number of halogens is 1. The van der Waals surface area contributed by atoms with Crippen LogP contribution >= 0.6 is 0 Å². The molecular weight excluding hydrogens is 283 g/mol. The highest BCUT2D eigenvalue weighted by Crippen LogP contribution is 2.22. The van der Waals surface area contributed by atoms with Crippen LogP contribution in [0.1, 0.15) is 29.5 Å². The molecule has 0 spiro atoms. The van der Waals surface area contributed by atoms with Gasteiger partial charge in [-0.2, -0.15) is 4.39 Å². The van der Waals surface area contributed by atoms with Gasteiger partial charge in [0.2, 0.25) is 5.82 Å². The highest BCUT2D eigenvalue weighted by molar-refractivity contribution is 5.86. The molecule has 0 fully saturated rings. The van der Waals surface area contributed by atoms with Gasteiger partial charge in [0, 0.05) is 6.07 Å². The molecule has 8 nitrogen and oxygen atoms in total. The molecule has 2 aromatic rings. The summed E-state index contributed by atoms with van der Waals surface area (Å²) in [5.74, 6) is -2.21. The number of carboxylic acids is 1. The Morgan fingerprint density at radius 2 is 2.24 bits per heavy atom. The number of carbonyl (C=O) groups is 1. The van der Waals surface area contributed by atoms with Gasteiger partial charge in [-0.05, 0) is 18.6 Å². The number of nitrogens with zero attached hydrogens (tertiary/aromatic N) is 4. The molecule has 2 rings (SSSR count). The second kappa shape index (κ2) is 5.65. The number of nitro groups is 1. The topological polar surface area (TPSA) is 111 Å². The molecule has 1 aromatic heterocycles. The molecule has 0 aliphatic heterocycles. The smallest absolute Gasteiger partial charge is 0.358 e. The van der Waals surface area contributed by atoms with Gasteiger partial charge in [0.25, 0.3) is 0 Å². The van der Waals surface area contributed by atoms with E-state index in [4.69, 9.17) is 5.11 Å². The van der Waals surface area contributed by atoms with E-state index in [1.807, 2.05) is 6.92 Å². The predicted molar refractivity (Wildman–Crippen MR) is 68.9 cm³/mol. The Bertz CT molecular complexity index is 713. The summed E-state index contributed by atoms with van der Waals surface area (Å²) in [6.07, 6.45) is 1.01. The Kier molecular flexibility index (Phi) is 3.92. The van der Waals surface area contributed by atoms with Crippen LogP contribution in [0, 0.1) is 15.9 Å². The van der Waals surface area contributed by atoms with Crippen LogP contribution in [0.4, 0.5) is 10.1 Å². The Balaban J connectivity index is 2.59. The first-order chi connectivity index (χ1) is 9.95. The number of benzene rings is 1. The molecule has 0 amide bonds. The van der Waals surface area contributed by atoms with Crippen molar-refractivity contribution in [2.45, 2.75) is 19.8 Å². The summed E-state index contributed by atoms with van der Waals surface area (Å²) >= 11 is 0. The van der Waals surface area contributed by atoms with Crippen molar-refractivity contribution in [3.8, 4) is 5.69 Å². The van der Waals surface area contributed by atoms with Crippen molar-refractivity contribution in [3.63, 3.8) is 0 Å². The first-order valence-corrected chi connectivity index (χ1v) is 6.07. The maximum Gasteiger partial charge on any atom is 0.358 e. The average Bonchev–Trinajstić information content (AvgIpc) is 2.83. The van der Waals surface area contributed by atoms with Gasteiger partial charge in [-0.1, -0.05) is 18.6 Å². The largest absolute Gasteiger partial charge is 0.476 e. The lowest BCUT2D eigenvalue weighted by Crippen LogP contribution is -2.07. The van der Waals surface area contributed by atoms with Crippen LogP contribution in [0.2, 0.25) is 0 Å². The molecule has 1 heterocycles. The van der Waals surface area contributed by atoms with E-state index < -0.39 is 22.4 Å². The Morgan fingerprint density at radius 1 is 1.52 bits per heavy atom. The zero-order valence-electron chi connectivity index (χ0n) is 11.0. The van der Waals surface area contributed by atoms with E-state index in [1.165, 1.54) is 10.7 Å². The number of aromatic nitrogens is 3. The normalized spacial score (nSPS) is 10.6. The van der Waals surface area contributed by atoms with E-state index >= 15 is 0 Å². The molecule has 0 aliphatic rings. The number of nitro benzene ring substituents is 1. The zero-order chi connectivity index (χ0) is 15.6. The summed E-state index contributed by atoms with van der Waals surface area (Å²) in [6.45, 7) is 1.84. The third-order valence-corrected chi connectivity index (χ3v) is 2.82. The fourth-order valence-corrected chi connectivity index (χ4v) is 1.91. The van der Waals surface area contributed by atoms with Crippen LogP contribution in [0.15, 0.2) is 18.2 Å². The highest BCUT2D eigenvalue weighted by atomic mass is 19.1. The maximum absolute atomic E-state index is 13.3. The van der Waals surface area contributed by atoms with Gasteiger partial charge in [0.05, 0.1) is 16.3 Å². The molecule has 0 unspecified atom stereocenters. The van der Waals surface area contributed by atoms with Crippen molar-refractivity contribution >= 4 is 11.7 Å². The number of aromatic carboxylic acids is 1. The summed E-state index contributed by atoms with van der Waals surface area (Å²) in [5, 5.41) is 27.1. The zero-order valence-corrected chi connectivity index (χ0v) is 11.0.